The number of imidazole rings is 1. The number of hydrogen-bond donors (Lipinski definition) is 1. The van der Waals surface area contributed by atoms with E-state index in [0.717, 1.165) is 5.52 Å². The Labute approximate surface area is 110 Å². The highest BCUT2D eigenvalue weighted by atomic mass is 79.9. The molecular weight excluding hydrogens is 311 g/mol. The monoisotopic (exact) mass is 321 g/mol. The summed E-state index contributed by atoms with van der Waals surface area (Å²) in [5.41, 5.74) is 2.77. The molecule has 0 atom stereocenters. The fourth-order valence-corrected chi connectivity index (χ4v) is 2.06. The molecule has 7 heteroatoms. The van der Waals surface area contributed by atoms with Gasteiger partial charge in [-0.25, -0.2) is 4.98 Å². The maximum Gasteiger partial charge on any atom is 0.390 e. The van der Waals surface area contributed by atoms with Crippen molar-refractivity contribution in [2.75, 3.05) is 11.9 Å². The number of alkyl halides is 4. The van der Waals surface area contributed by atoms with Gasteiger partial charge in [0.25, 0.3) is 0 Å². The molecule has 2 rings (SSSR count). The van der Waals surface area contributed by atoms with Gasteiger partial charge in [0.2, 0.25) is 0 Å². The van der Waals surface area contributed by atoms with Gasteiger partial charge in [0.05, 0.1) is 29.4 Å². The topological polar surface area (TPSA) is 29.9 Å². The molecule has 0 spiro atoms. The van der Waals surface area contributed by atoms with Crippen LogP contribution in [0.3, 0.4) is 0 Å². The van der Waals surface area contributed by atoms with Gasteiger partial charge in [-0.15, -0.1) is 0 Å². The highest BCUT2D eigenvalue weighted by Gasteiger charge is 2.26. The van der Waals surface area contributed by atoms with Crippen LogP contribution < -0.4 is 5.32 Å². The Kier molecular flexibility index (Phi) is 3.79. The first-order valence-electron chi connectivity index (χ1n) is 5.32. The molecule has 0 saturated carbocycles. The third-order valence-electron chi connectivity index (χ3n) is 2.50. The number of nitrogens with one attached hydrogen (secondary N) is 1. The third kappa shape index (κ3) is 2.95. The summed E-state index contributed by atoms with van der Waals surface area (Å²) in [5, 5.41) is 2.77. The van der Waals surface area contributed by atoms with E-state index in [2.05, 4.69) is 26.2 Å². The Morgan fingerprint density at radius 3 is 2.78 bits per heavy atom. The summed E-state index contributed by atoms with van der Waals surface area (Å²) < 4.78 is 38.1. The fraction of sp³-hybridized carbons (Fsp3) is 0.364. The molecule has 18 heavy (non-hydrogen) atoms. The minimum absolute atomic E-state index is 0.149. The molecule has 0 aliphatic heterocycles. The van der Waals surface area contributed by atoms with Gasteiger partial charge in [-0.05, 0) is 12.1 Å². The minimum atomic E-state index is -4.14. The van der Waals surface area contributed by atoms with Gasteiger partial charge in [0.15, 0.2) is 0 Å². The Balaban J connectivity index is 2.16. The molecule has 2 aromatic rings. The predicted molar refractivity (Wildman–Crippen MR) is 67.8 cm³/mol. The summed E-state index contributed by atoms with van der Waals surface area (Å²) in [5.74, 6) is 0. The molecule has 0 saturated heterocycles. The van der Waals surface area contributed by atoms with Gasteiger partial charge < -0.3 is 9.88 Å². The molecule has 0 amide bonds. The van der Waals surface area contributed by atoms with Crippen LogP contribution in [0, 0.1) is 0 Å². The average Bonchev–Trinajstić information content (AvgIpc) is 2.71. The van der Waals surface area contributed by atoms with Crippen molar-refractivity contribution < 1.29 is 13.2 Å². The molecule has 0 bridgehead atoms. The molecule has 0 aliphatic rings. The second kappa shape index (κ2) is 5.17. The van der Waals surface area contributed by atoms with E-state index in [4.69, 9.17) is 0 Å². The zero-order valence-corrected chi connectivity index (χ0v) is 10.9. The SMILES string of the molecule is FC(F)(F)CCNc1cccc2c1ncn2CBr. The molecule has 3 nitrogen and oxygen atoms in total. The smallest absolute Gasteiger partial charge is 0.383 e. The summed E-state index contributed by atoms with van der Waals surface area (Å²) in [6.45, 7) is -0.149. The zero-order valence-electron chi connectivity index (χ0n) is 9.34. The van der Waals surface area contributed by atoms with E-state index in [0.29, 0.717) is 16.7 Å². The Morgan fingerprint density at radius 2 is 2.11 bits per heavy atom. The van der Waals surface area contributed by atoms with Crippen LogP contribution in [0.25, 0.3) is 11.0 Å². The van der Waals surface area contributed by atoms with Crippen LogP contribution in [-0.2, 0) is 5.45 Å². The van der Waals surface area contributed by atoms with Crippen LogP contribution in [0.4, 0.5) is 18.9 Å². The lowest BCUT2D eigenvalue weighted by molar-refractivity contribution is -0.131. The first-order valence-corrected chi connectivity index (χ1v) is 6.44. The van der Waals surface area contributed by atoms with Crippen LogP contribution >= 0.6 is 15.9 Å². The van der Waals surface area contributed by atoms with Gasteiger partial charge in [-0.1, -0.05) is 22.0 Å². The van der Waals surface area contributed by atoms with Crippen molar-refractivity contribution in [1.82, 2.24) is 9.55 Å². The van der Waals surface area contributed by atoms with Gasteiger partial charge in [-0.2, -0.15) is 13.2 Å². The predicted octanol–water partition coefficient (Wildman–Crippen LogP) is 3.75. The van der Waals surface area contributed by atoms with Crippen molar-refractivity contribution in [3.05, 3.63) is 24.5 Å². The van der Waals surface area contributed by atoms with Crippen molar-refractivity contribution in [2.24, 2.45) is 0 Å². The molecular formula is C11H11BrF3N3. The van der Waals surface area contributed by atoms with E-state index in [1.807, 2.05) is 10.6 Å². The van der Waals surface area contributed by atoms with Crippen molar-refractivity contribution in [1.29, 1.82) is 0 Å². The van der Waals surface area contributed by atoms with Crippen LogP contribution in [0.2, 0.25) is 0 Å². The first kappa shape index (κ1) is 13.2. The number of anilines is 1. The molecule has 1 aromatic carbocycles. The van der Waals surface area contributed by atoms with Crippen molar-refractivity contribution in [2.45, 2.75) is 18.1 Å². The fourth-order valence-electron chi connectivity index (χ4n) is 1.67. The van der Waals surface area contributed by atoms with Crippen molar-refractivity contribution in [3.63, 3.8) is 0 Å². The molecule has 98 valence electrons. The van der Waals surface area contributed by atoms with E-state index in [1.165, 1.54) is 0 Å². The second-order valence-corrected chi connectivity index (χ2v) is 4.30. The molecule has 1 heterocycles. The van der Waals surface area contributed by atoms with Crippen LogP contribution in [-0.4, -0.2) is 22.3 Å². The molecule has 1 N–H and O–H groups in total. The van der Waals surface area contributed by atoms with E-state index >= 15 is 0 Å². The van der Waals surface area contributed by atoms with E-state index in [9.17, 15) is 13.2 Å². The van der Waals surface area contributed by atoms with Gasteiger partial charge >= 0.3 is 6.18 Å². The number of hydrogen-bond acceptors (Lipinski definition) is 2. The lowest BCUT2D eigenvalue weighted by Crippen LogP contribution is -2.14. The van der Waals surface area contributed by atoms with Gasteiger partial charge in [-0.3, -0.25) is 0 Å². The summed E-state index contributed by atoms with van der Waals surface area (Å²) in [4.78, 5) is 4.19. The number of halogens is 4. The maximum absolute atomic E-state index is 12.1. The van der Waals surface area contributed by atoms with Crippen LogP contribution in [0.1, 0.15) is 6.42 Å². The maximum atomic E-state index is 12.1. The highest BCUT2D eigenvalue weighted by Crippen LogP contribution is 2.24. The van der Waals surface area contributed by atoms with Gasteiger partial charge in [0.1, 0.15) is 5.52 Å². The molecule has 0 aliphatic carbocycles. The number of benzene rings is 1. The lowest BCUT2D eigenvalue weighted by atomic mass is 10.2. The van der Waals surface area contributed by atoms with Crippen LogP contribution in [0.5, 0.6) is 0 Å². The quantitative estimate of drug-likeness (QED) is 0.869. The lowest BCUT2D eigenvalue weighted by Gasteiger charge is -2.09. The Bertz CT molecular complexity index is 536. The van der Waals surface area contributed by atoms with Gasteiger partial charge in [0, 0.05) is 6.54 Å². The molecule has 0 fully saturated rings. The number of fused-ring (bicyclic) bond motifs is 1. The van der Waals surface area contributed by atoms with Crippen molar-refractivity contribution in [3.8, 4) is 0 Å². The first-order chi connectivity index (χ1) is 8.51. The standard InChI is InChI=1S/C11H11BrF3N3/c12-6-18-7-17-10-8(2-1-3-9(10)18)16-5-4-11(13,14)15/h1-3,7,16H,4-6H2. The summed E-state index contributed by atoms with van der Waals surface area (Å²) in [6.07, 6.45) is -3.35. The molecule has 1 aromatic heterocycles. The van der Waals surface area contributed by atoms with E-state index in [1.54, 1.807) is 18.5 Å². The third-order valence-corrected chi connectivity index (χ3v) is 3.04. The summed E-state index contributed by atoms with van der Waals surface area (Å²) >= 11 is 3.31. The highest BCUT2D eigenvalue weighted by molar-refractivity contribution is 9.08. The summed E-state index contributed by atoms with van der Waals surface area (Å²) in [6, 6.07) is 5.39. The average molecular weight is 322 g/mol. The Morgan fingerprint density at radius 1 is 1.33 bits per heavy atom. The summed E-state index contributed by atoms with van der Waals surface area (Å²) in [7, 11) is 0. The zero-order chi connectivity index (χ0) is 13.2. The van der Waals surface area contributed by atoms with E-state index < -0.39 is 12.6 Å². The second-order valence-electron chi connectivity index (χ2n) is 3.80. The molecule has 0 unspecified atom stereocenters. The van der Waals surface area contributed by atoms with Crippen LogP contribution in [0.15, 0.2) is 24.5 Å². The largest absolute Gasteiger partial charge is 0.390 e. The minimum Gasteiger partial charge on any atom is -0.383 e. The number of aromatic nitrogens is 2. The van der Waals surface area contributed by atoms with Crippen molar-refractivity contribution >= 4 is 32.7 Å². The normalized spacial score (nSPS) is 12.0. The Hall–Kier alpha value is -1.24. The number of para-hydroxylation sites is 1. The van der Waals surface area contributed by atoms with E-state index in [-0.39, 0.29) is 6.54 Å². The number of nitrogens with zero attached hydrogens (tertiary/aromatic N) is 2. The number of rotatable bonds is 4. The molecule has 0 radical (unpaired) electrons.